The van der Waals surface area contributed by atoms with Gasteiger partial charge in [-0.1, -0.05) is 12.1 Å². The van der Waals surface area contributed by atoms with E-state index >= 15 is 0 Å². The fourth-order valence-corrected chi connectivity index (χ4v) is 2.61. The number of anilines is 1. The van der Waals surface area contributed by atoms with Crippen LogP contribution in [0.1, 0.15) is 25.3 Å². The summed E-state index contributed by atoms with van der Waals surface area (Å²) in [6.45, 7) is 3.77. The van der Waals surface area contributed by atoms with Gasteiger partial charge in [0.15, 0.2) is 0 Å². The summed E-state index contributed by atoms with van der Waals surface area (Å²) < 4.78 is 4.81. The minimum absolute atomic E-state index is 0.0982. The summed E-state index contributed by atoms with van der Waals surface area (Å²) in [6, 6.07) is 7.20. The van der Waals surface area contributed by atoms with Gasteiger partial charge >= 0.3 is 5.97 Å². The van der Waals surface area contributed by atoms with Gasteiger partial charge in [-0.15, -0.1) is 0 Å². The first kappa shape index (κ1) is 18.2. The van der Waals surface area contributed by atoms with Crippen molar-refractivity contribution in [2.24, 2.45) is 0 Å². The molecule has 1 fully saturated rings. The Morgan fingerprint density at radius 1 is 1.38 bits per heavy atom. The Morgan fingerprint density at radius 2 is 2.12 bits per heavy atom. The molecular weight excluding hydrogens is 308 g/mol. The van der Waals surface area contributed by atoms with E-state index in [-0.39, 0.29) is 24.5 Å². The molecule has 1 amide bonds. The lowest BCUT2D eigenvalue weighted by Crippen LogP contribution is -2.42. The van der Waals surface area contributed by atoms with E-state index in [1.807, 2.05) is 17.0 Å². The number of rotatable bonds is 6. The van der Waals surface area contributed by atoms with Gasteiger partial charge in [0.1, 0.15) is 0 Å². The third kappa shape index (κ3) is 6.14. The minimum Gasteiger partial charge on any atom is -0.463 e. The van der Waals surface area contributed by atoms with Gasteiger partial charge in [-0.05, 0) is 50.1 Å². The zero-order chi connectivity index (χ0) is 17.4. The molecule has 2 rings (SSSR count). The second kappa shape index (κ2) is 9.20. The average Bonchev–Trinajstić information content (AvgIpc) is 2.54. The lowest BCUT2D eigenvalue weighted by Gasteiger charge is -2.29. The Hall–Kier alpha value is -2.18. The molecule has 6 nitrogen and oxygen atoms in total. The van der Waals surface area contributed by atoms with Gasteiger partial charge in [0.25, 0.3) is 0 Å². The van der Waals surface area contributed by atoms with Gasteiger partial charge in [0, 0.05) is 18.3 Å². The molecule has 0 spiro atoms. The zero-order valence-electron chi connectivity index (χ0n) is 13.9. The van der Waals surface area contributed by atoms with Crippen LogP contribution in [0.3, 0.4) is 0 Å². The van der Waals surface area contributed by atoms with Crippen LogP contribution in [-0.4, -0.2) is 54.2 Å². The summed E-state index contributed by atoms with van der Waals surface area (Å²) in [5.41, 5.74) is 1.55. The standard InChI is InChI=1S/C18H24N2O4/c1-2-24-18(23)10-7-14-5-8-15(9-6-14)19-17(22)13-20-11-3-4-16(21)12-20/h5-10,16,21H,2-4,11-13H2,1H3,(H,19,22)/b10-7+. The van der Waals surface area contributed by atoms with Crippen molar-refractivity contribution in [3.63, 3.8) is 0 Å². The van der Waals surface area contributed by atoms with Crippen molar-refractivity contribution in [3.05, 3.63) is 35.9 Å². The van der Waals surface area contributed by atoms with Crippen LogP contribution < -0.4 is 5.32 Å². The maximum atomic E-state index is 12.0. The highest BCUT2D eigenvalue weighted by atomic mass is 16.5. The van der Waals surface area contributed by atoms with Gasteiger partial charge < -0.3 is 15.2 Å². The highest BCUT2D eigenvalue weighted by molar-refractivity contribution is 5.92. The third-order valence-corrected chi connectivity index (χ3v) is 3.74. The normalized spacial score (nSPS) is 18.5. The number of benzene rings is 1. The lowest BCUT2D eigenvalue weighted by molar-refractivity contribution is -0.137. The van der Waals surface area contributed by atoms with E-state index in [9.17, 15) is 14.7 Å². The molecule has 0 bridgehead atoms. The number of hydrogen-bond acceptors (Lipinski definition) is 5. The van der Waals surface area contributed by atoms with Crippen LogP contribution in [-0.2, 0) is 14.3 Å². The molecule has 1 atom stereocenters. The molecule has 1 heterocycles. The fraction of sp³-hybridized carbons (Fsp3) is 0.444. The quantitative estimate of drug-likeness (QED) is 0.612. The smallest absolute Gasteiger partial charge is 0.330 e. The molecule has 130 valence electrons. The molecule has 2 N–H and O–H groups in total. The van der Waals surface area contributed by atoms with E-state index in [1.54, 1.807) is 25.1 Å². The molecule has 1 saturated heterocycles. The third-order valence-electron chi connectivity index (χ3n) is 3.74. The molecular formula is C18H24N2O4. The number of nitrogens with zero attached hydrogens (tertiary/aromatic N) is 1. The van der Waals surface area contributed by atoms with Crippen LogP contribution in [0.5, 0.6) is 0 Å². The van der Waals surface area contributed by atoms with Gasteiger partial charge in [0.05, 0.1) is 19.3 Å². The highest BCUT2D eigenvalue weighted by Gasteiger charge is 2.19. The van der Waals surface area contributed by atoms with Crippen LogP contribution in [0.15, 0.2) is 30.3 Å². The van der Waals surface area contributed by atoms with E-state index in [2.05, 4.69) is 5.32 Å². The summed E-state index contributed by atoms with van der Waals surface area (Å²) in [5, 5.41) is 12.5. The van der Waals surface area contributed by atoms with Gasteiger partial charge in [-0.25, -0.2) is 4.79 Å². The van der Waals surface area contributed by atoms with Crippen molar-refractivity contribution in [2.45, 2.75) is 25.9 Å². The molecule has 0 aliphatic carbocycles. The van der Waals surface area contributed by atoms with Crippen molar-refractivity contribution in [1.29, 1.82) is 0 Å². The summed E-state index contributed by atoms with van der Waals surface area (Å²) in [7, 11) is 0. The Bertz CT molecular complexity index is 583. The SMILES string of the molecule is CCOC(=O)/C=C/c1ccc(NC(=O)CN2CCCC(O)C2)cc1. The summed E-state index contributed by atoms with van der Waals surface area (Å²) in [5.74, 6) is -0.475. The first-order valence-corrected chi connectivity index (χ1v) is 8.22. The Labute approximate surface area is 142 Å². The minimum atomic E-state index is -0.376. The molecule has 1 aliphatic rings. The number of esters is 1. The van der Waals surface area contributed by atoms with Crippen molar-refractivity contribution in [2.75, 3.05) is 31.6 Å². The molecule has 1 aromatic carbocycles. The zero-order valence-corrected chi connectivity index (χ0v) is 13.9. The van der Waals surface area contributed by atoms with Gasteiger partial charge in [-0.2, -0.15) is 0 Å². The first-order valence-electron chi connectivity index (χ1n) is 8.22. The number of likely N-dealkylation sites (tertiary alicyclic amines) is 1. The molecule has 0 saturated carbocycles. The predicted molar refractivity (Wildman–Crippen MR) is 92.4 cm³/mol. The highest BCUT2D eigenvalue weighted by Crippen LogP contribution is 2.12. The van der Waals surface area contributed by atoms with Crippen molar-refractivity contribution in [1.82, 2.24) is 4.90 Å². The molecule has 1 aromatic rings. The average molecular weight is 332 g/mol. The van der Waals surface area contributed by atoms with Gasteiger partial charge in [0.2, 0.25) is 5.91 Å². The number of piperidine rings is 1. The number of aliphatic hydroxyl groups excluding tert-OH is 1. The Balaban J connectivity index is 1.82. The topological polar surface area (TPSA) is 78.9 Å². The number of carbonyl (C=O) groups is 2. The van der Waals surface area contributed by atoms with Crippen LogP contribution in [0.2, 0.25) is 0 Å². The number of nitrogens with one attached hydrogen (secondary N) is 1. The van der Waals surface area contributed by atoms with Crippen LogP contribution in [0, 0.1) is 0 Å². The molecule has 6 heteroatoms. The first-order chi connectivity index (χ1) is 11.6. The van der Waals surface area contributed by atoms with Crippen molar-refractivity contribution in [3.8, 4) is 0 Å². The number of ether oxygens (including phenoxy) is 1. The fourth-order valence-electron chi connectivity index (χ4n) is 2.61. The predicted octanol–water partition coefficient (Wildman–Crippen LogP) is 1.66. The Morgan fingerprint density at radius 3 is 2.79 bits per heavy atom. The van der Waals surface area contributed by atoms with E-state index in [1.165, 1.54) is 6.08 Å². The molecule has 1 unspecified atom stereocenters. The largest absolute Gasteiger partial charge is 0.463 e. The molecule has 24 heavy (non-hydrogen) atoms. The lowest BCUT2D eigenvalue weighted by atomic mass is 10.1. The van der Waals surface area contributed by atoms with E-state index in [4.69, 9.17) is 4.74 Å². The summed E-state index contributed by atoms with van der Waals surface area (Å²) >= 11 is 0. The maximum absolute atomic E-state index is 12.0. The summed E-state index contributed by atoms with van der Waals surface area (Å²) in [6.07, 6.45) is 4.42. The van der Waals surface area contributed by atoms with Crippen molar-refractivity contribution < 1.29 is 19.4 Å². The van der Waals surface area contributed by atoms with Crippen molar-refractivity contribution >= 4 is 23.6 Å². The number of β-amino-alcohol motifs (C(OH)–C–C–N with tert-alkyl or cyclic N) is 1. The van der Waals surface area contributed by atoms with Crippen LogP contribution in [0.4, 0.5) is 5.69 Å². The number of aliphatic hydroxyl groups is 1. The molecule has 0 radical (unpaired) electrons. The van der Waals surface area contributed by atoms with E-state index < -0.39 is 0 Å². The Kier molecular flexibility index (Phi) is 6.96. The van der Waals surface area contributed by atoms with Gasteiger partial charge in [-0.3, -0.25) is 9.69 Å². The maximum Gasteiger partial charge on any atom is 0.330 e. The van der Waals surface area contributed by atoms with Crippen LogP contribution in [0.25, 0.3) is 6.08 Å². The number of hydrogen-bond donors (Lipinski definition) is 2. The number of amides is 1. The van der Waals surface area contributed by atoms with E-state index in [0.29, 0.717) is 18.8 Å². The number of carbonyl (C=O) groups excluding carboxylic acids is 2. The molecule has 0 aromatic heterocycles. The second-order valence-corrected chi connectivity index (χ2v) is 5.79. The van der Waals surface area contributed by atoms with E-state index in [0.717, 1.165) is 24.9 Å². The second-order valence-electron chi connectivity index (χ2n) is 5.79. The monoisotopic (exact) mass is 332 g/mol. The molecule has 1 aliphatic heterocycles. The summed E-state index contributed by atoms with van der Waals surface area (Å²) in [4.78, 5) is 25.3. The van der Waals surface area contributed by atoms with Crippen LogP contribution >= 0.6 is 0 Å².